The Morgan fingerprint density at radius 1 is 1.13 bits per heavy atom. The number of sulfonamides is 1. The molecule has 1 aliphatic rings. The molecule has 0 spiro atoms. The molecule has 3 rings (SSSR count). The number of nitrogens with zero attached hydrogens (tertiary/aromatic N) is 2. The molecular weight excluding hydrogens is 418 g/mol. The molecule has 0 aliphatic carbocycles. The minimum atomic E-state index is -3.68. The lowest BCUT2D eigenvalue weighted by Gasteiger charge is -2.28. The van der Waals surface area contributed by atoms with Gasteiger partial charge in [-0.05, 0) is 54.5 Å². The Bertz CT molecular complexity index is 962. The van der Waals surface area contributed by atoms with E-state index in [-0.39, 0.29) is 17.3 Å². The number of likely N-dealkylation sites (N-methyl/N-ethyl adjacent to an activating group) is 1. The molecule has 0 radical (unpaired) electrons. The van der Waals surface area contributed by atoms with E-state index < -0.39 is 10.0 Å². The summed E-state index contributed by atoms with van der Waals surface area (Å²) < 4.78 is 26.4. The van der Waals surface area contributed by atoms with Crippen molar-refractivity contribution in [1.82, 2.24) is 14.5 Å². The van der Waals surface area contributed by atoms with Crippen LogP contribution in [0.5, 0.6) is 0 Å². The average Bonchev–Trinajstić information content (AvgIpc) is 2.76. The average molecular weight is 448 g/mol. The van der Waals surface area contributed by atoms with E-state index in [4.69, 9.17) is 0 Å². The number of hydrogen-bond acceptors (Lipinski definition) is 5. The van der Waals surface area contributed by atoms with Gasteiger partial charge in [-0.1, -0.05) is 24.3 Å². The highest BCUT2D eigenvalue weighted by Gasteiger charge is 2.23. The van der Waals surface area contributed by atoms with Gasteiger partial charge in [0.2, 0.25) is 15.9 Å². The molecule has 1 aliphatic heterocycles. The first-order valence-electron chi connectivity index (χ1n) is 10.1. The normalized spacial score (nSPS) is 14.5. The van der Waals surface area contributed by atoms with E-state index in [1.54, 1.807) is 36.0 Å². The highest BCUT2D eigenvalue weighted by atomic mass is 32.2. The Morgan fingerprint density at radius 2 is 1.83 bits per heavy atom. The molecule has 0 bridgehead atoms. The molecule has 0 atom stereocenters. The molecule has 6 nitrogen and oxygen atoms in total. The number of benzene rings is 2. The first-order chi connectivity index (χ1) is 14.4. The van der Waals surface area contributed by atoms with E-state index in [1.165, 1.54) is 18.2 Å². The van der Waals surface area contributed by atoms with E-state index in [9.17, 15) is 13.2 Å². The molecule has 8 heteroatoms. The number of carbonyl (C=O) groups is 1. The smallest absolute Gasteiger partial charge is 0.243 e. The van der Waals surface area contributed by atoms with Crippen LogP contribution in [0.2, 0.25) is 0 Å². The Balaban J connectivity index is 1.41. The second-order valence-corrected chi connectivity index (χ2v) is 10.4. The van der Waals surface area contributed by atoms with Crippen LogP contribution in [0.3, 0.4) is 0 Å². The van der Waals surface area contributed by atoms with Gasteiger partial charge in [0.15, 0.2) is 0 Å². The van der Waals surface area contributed by atoms with Gasteiger partial charge in [0, 0.05) is 38.1 Å². The number of carbonyl (C=O) groups excluding carboxylic acids is 1. The van der Waals surface area contributed by atoms with Crippen molar-refractivity contribution in [1.29, 1.82) is 0 Å². The van der Waals surface area contributed by atoms with Crippen LogP contribution in [-0.2, 0) is 27.8 Å². The molecule has 2 aromatic rings. The maximum Gasteiger partial charge on any atom is 0.243 e. The molecule has 162 valence electrons. The Hall–Kier alpha value is -1.87. The predicted molar refractivity (Wildman–Crippen MR) is 121 cm³/mol. The number of fused-ring (bicyclic) bond motifs is 1. The van der Waals surface area contributed by atoms with Crippen LogP contribution in [0.25, 0.3) is 0 Å². The van der Waals surface area contributed by atoms with Gasteiger partial charge in [-0.25, -0.2) is 8.42 Å². The Labute approximate surface area is 183 Å². The molecule has 0 saturated heterocycles. The maximum atomic E-state index is 12.6. The summed E-state index contributed by atoms with van der Waals surface area (Å²) in [6.07, 6.45) is 3.83. The molecule has 30 heavy (non-hydrogen) atoms. The summed E-state index contributed by atoms with van der Waals surface area (Å²) in [7, 11) is -2.25. The quantitative estimate of drug-likeness (QED) is 0.473. The van der Waals surface area contributed by atoms with Crippen LogP contribution in [0.1, 0.15) is 17.5 Å². The maximum absolute atomic E-state index is 12.6. The van der Waals surface area contributed by atoms with Crippen molar-refractivity contribution < 1.29 is 13.2 Å². The molecule has 0 saturated carbocycles. The van der Waals surface area contributed by atoms with Gasteiger partial charge >= 0.3 is 0 Å². The van der Waals surface area contributed by atoms with E-state index in [2.05, 4.69) is 34.5 Å². The zero-order valence-corrected chi connectivity index (χ0v) is 19.1. The van der Waals surface area contributed by atoms with Crippen LogP contribution in [0.4, 0.5) is 0 Å². The number of thioether (sulfide) groups is 1. The zero-order valence-electron chi connectivity index (χ0n) is 17.5. The van der Waals surface area contributed by atoms with Crippen LogP contribution in [-0.4, -0.2) is 63.0 Å². The topological polar surface area (TPSA) is 69.7 Å². The van der Waals surface area contributed by atoms with Crippen molar-refractivity contribution in [2.24, 2.45) is 0 Å². The third-order valence-electron chi connectivity index (χ3n) is 5.32. The predicted octanol–water partition coefficient (Wildman–Crippen LogP) is 2.59. The third-order valence-corrected chi connectivity index (χ3v) is 7.88. The van der Waals surface area contributed by atoms with Gasteiger partial charge in [0.1, 0.15) is 0 Å². The summed E-state index contributed by atoms with van der Waals surface area (Å²) in [5.74, 6) is -0.286. The fourth-order valence-corrected chi connectivity index (χ4v) is 5.08. The molecule has 0 aromatic heterocycles. The second-order valence-electron chi connectivity index (χ2n) is 7.43. The van der Waals surface area contributed by atoms with E-state index in [1.807, 2.05) is 6.26 Å². The minimum Gasteiger partial charge on any atom is -0.355 e. The van der Waals surface area contributed by atoms with Gasteiger partial charge in [-0.15, -0.1) is 11.8 Å². The Morgan fingerprint density at radius 3 is 2.53 bits per heavy atom. The number of amides is 1. The first kappa shape index (κ1) is 22.8. The molecule has 0 unspecified atom stereocenters. The number of nitrogens with one attached hydrogen (secondary N) is 1. The van der Waals surface area contributed by atoms with Gasteiger partial charge in [-0.2, -0.15) is 4.31 Å². The molecule has 1 heterocycles. The largest absolute Gasteiger partial charge is 0.355 e. The number of rotatable bonds is 9. The summed E-state index contributed by atoms with van der Waals surface area (Å²) in [5.41, 5.74) is 2.81. The first-order valence-corrected chi connectivity index (χ1v) is 12.7. The van der Waals surface area contributed by atoms with Gasteiger partial charge in [0.05, 0.1) is 11.4 Å². The fourth-order valence-electron chi connectivity index (χ4n) is 3.55. The van der Waals surface area contributed by atoms with Gasteiger partial charge in [0.25, 0.3) is 0 Å². The van der Waals surface area contributed by atoms with E-state index in [0.717, 1.165) is 41.7 Å². The van der Waals surface area contributed by atoms with Crippen molar-refractivity contribution in [2.75, 3.05) is 39.5 Å². The summed E-state index contributed by atoms with van der Waals surface area (Å²) in [6, 6.07) is 15.2. The highest BCUT2D eigenvalue weighted by molar-refractivity contribution is 7.98. The lowest BCUT2D eigenvalue weighted by molar-refractivity contribution is -0.121. The number of hydrogen-bond donors (Lipinski definition) is 1. The van der Waals surface area contributed by atoms with Gasteiger partial charge < -0.3 is 5.32 Å². The van der Waals surface area contributed by atoms with Gasteiger partial charge in [-0.3, -0.25) is 9.69 Å². The van der Waals surface area contributed by atoms with Crippen molar-refractivity contribution in [3.8, 4) is 0 Å². The lowest BCUT2D eigenvalue weighted by atomic mass is 10.00. The standard InChI is InChI=1S/C22H29N3O3S2/c1-24(30(27,28)21-10-8-20(29-2)9-11-21)17-22(26)23-13-5-14-25-15-12-18-6-3-4-7-19(18)16-25/h3-4,6-11H,5,12-17H2,1-2H3,(H,23,26). The highest BCUT2D eigenvalue weighted by Crippen LogP contribution is 2.20. The Kier molecular flexibility index (Phi) is 7.93. The van der Waals surface area contributed by atoms with E-state index in [0.29, 0.717) is 6.54 Å². The second kappa shape index (κ2) is 10.4. The zero-order chi connectivity index (χ0) is 21.6. The minimum absolute atomic E-state index is 0.191. The summed E-state index contributed by atoms with van der Waals surface area (Å²) >= 11 is 1.55. The van der Waals surface area contributed by atoms with Crippen molar-refractivity contribution in [3.63, 3.8) is 0 Å². The van der Waals surface area contributed by atoms with Crippen molar-refractivity contribution in [3.05, 3.63) is 59.7 Å². The molecule has 0 fully saturated rings. The SMILES string of the molecule is CSc1ccc(S(=O)(=O)N(C)CC(=O)NCCCN2CCc3ccccc3C2)cc1. The van der Waals surface area contributed by atoms with Crippen LogP contribution in [0.15, 0.2) is 58.3 Å². The van der Waals surface area contributed by atoms with Crippen LogP contribution >= 0.6 is 11.8 Å². The third kappa shape index (κ3) is 5.85. The molecule has 2 aromatic carbocycles. The van der Waals surface area contributed by atoms with E-state index >= 15 is 0 Å². The summed E-state index contributed by atoms with van der Waals surface area (Å²) in [6.45, 7) is 3.23. The molecule has 1 N–H and O–H groups in total. The van der Waals surface area contributed by atoms with Crippen LogP contribution in [0, 0.1) is 0 Å². The summed E-state index contributed by atoms with van der Waals surface area (Å²) in [5, 5.41) is 2.84. The van der Waals surface area contributed by atoms with Crippen molar-refractivity contribution >= 4 is 27.7 Å². The molecular formula is C22H29N3O3S2. The summed E-state index contributed by atoms with van der Waals surface area (Å²) in [4.78, 5) is 15.8. The molecule has 1 amide bonds. The van der Waals surface area contributed by atoms with Crippen LogP contribution < -0.4 is 5.32 Å². The van der Waals surface area contributed by atoms with Crippen molar-refractivity contribution in [2.45, 2.75) is 29.2 Å². The fraction of sp³-hybridized carbons (Fsp3) is 0.409. The monoisotopic (exact) mass is 447 g/mol. The lowest BCUT2D eigenvalue weighted by Crippen LogP contribution is -2.39.